The van der Waals surface area contributed by atoms with E-state index >= 15 is 0 Å². The third-order valence-corrected chi connectivity index (χ3v) is 3.67. The van der Waals surface area contributed by atoms with Crippen LogP contribution < -0.4 is 11.3 Å². The lowest BCUT2D eigenvalue weighted by atomic mass is 10.1. The summed E-state index contributed by atoms with van der Waals surface area (Å²) in [4.78, 5) is 11.1. The Hall–Kier alpha value is -1.77. The number of anilines is 1. The molecule has 2 aromatic heterocycles. The zero-order valence-electron chi connectivity index (χ0n) is 11.7. The predicted molar refractivity (Wildman–Crippen MR) is 74.6 cm³/mol. The number of aliphatic hydroxyl groups is 1. The van der Waals surface area contributed by atoms with E-state index in [9.17, 15) is 5.11 Å². The van der Waals surface area contributed by atoms with Crippen LogP contribution in [0.2, 0.25) is 0 Å². The largest absolute Gasteiger partial charge is 0.389 e. The van der Waals surface area contributed by atoms with Gasteiger partial charge in [0.1, 0.15) is 5.82 Å². The van der Waals surface area contributed by atoms with Crippen LogP contribution >= 0.6 is 0 Å². The molecule has 1 aliphatic rings. The van der Waals surface area contributed by atoms with Gasteiger partial charge in [-0.05, 0) is 13.3 Å². The molecular weight excluding hydrogens is 258 g/mol. The lowest BCUT2D eigenvalue weighted by Gasteiger charge is -2.18. The number of hydrogen-bond donors (Lipinski definition) is 3. The Morgan fingerprint density at radius 1 is 1.50 bits per heavy atom. The third kappa shape index (κ3) is 2.33. The number of rotatable bonds is 3. The number of nitrogens with one attached hydrogen (secondary N) is 1. The van der Waals surface area contributed by atoms with Gasteiger partial charge in [0, 0.05) is 20.1 Å². The van der Waals surface area contributed by atoms with Crippen molar-refractivity contribution in [3.05, 3.63) is 12.0 Å². The Bertz CT molecular complexity index is 636. The predicted octanol–water partition coefficient (Wildman–Crippen LogP) is -0.394. The van der Waals surface area contributed by atoms with Gasteiger partial charge in [0.05, 0.1) is 23.7 Å². The Morgan fingerprint density at radius 3 is 2.95 bits per heavy atom. The molecule has 0 aromatic carbocycles. The Morgan fingerprint density at radius 2 is 2.30 bits per heavy atom. The molecule has 1 unspecified atom stereocenters. The molecule has 1 fully saturated rings. The van der Waals surface area contributed by atoms with Gasteiger partial charge >= 0.3 is 0 Å². The van der Waals surface area contributed by atoms with Crippen molar-refractivity contribution in [1.82, 2.24) is 24.6 Å². The van der Waals surface area contributed by atoms with Crippen LogP contribution in [-0.4, -0.2) is 48.4 Å². The number of nitrogens with two attached hydrogens (primary N) is 1. The highest BCUT2D eigenvalue weighted by Gasteiger charge is 2.31. The molecule has 108 valence electrons. The first-order valence-corrected chi connectivity index (χ1v) is 6.58. The number of hydrogen-bond acceptors (Lipinski definition) is 7. The maximum Gasteiger partial charge on any atom is 0.163 e. The van der Waals surface area contributed by atoms with Gasteiger partial charge in [-0.25, -0.2) is 15.8 Å². The van der Waals surface area contributed by atoms with Crippen LogP contribution in [0, 0.1) is 0 Å². The molecule has 0 radical (unpaired) electrons. The first kappa shape index (κ1) is 13.2. The van der Waals surface area contributed by atoms with Gasteiger partial charge in [-0.2, -0.15) is 5.10 Å². The monoisotopic (exact) mass is 277 g/mol. The van der Waals surface area contributed by atoms with Crippen molar-refractivity contribution in [3.63, 3.8) is 0 Å². The summed E-state index contributed by atoms with van der Waals surface area (Å²) in [5.41, 5.74) is 2.72. The lowest BCUT2D eigenvalue weighted by Crippen LogP contribution is -2.30. The number of nitrogen functional groups attached to an aromatic ring is 1. The van der Waals surface area contributed by atoms with Crippen molar-refractivity contribution in [1.29, 1.82) is 0 Å². The zero-order chi connectivity index (χ0) is 14.3. The zero-order valence-corrected chi connectivity index (χ0v) is 11.7. The number of β-amino-alcohol motifs (C(OH)–C–C–N with tert-alkyl or cyclic N) is 1. The number of nitrogens with zero attached hydrogens (tertiary/aromatic N) is 5. The standard InChI is InChI=1S/C12H19N7O/c1-12(20)3-4-19(7-12)6-9-15-10(17-13)8-5-14-18(2)11(8)16-9/h5,20H,3-4,6-7,13H2,1-2H3,(H,15,16,17). The van der Waals surface area contributed by atoms with E-state index in [0.717, 1.165) is 24.0 Å². The van der Waals surface area contributed by atoms with E-state index in [4.69, 9.17) is 5.84 Å². The van der Waals surface area contributed by atoms with Crippen LogP contribution in [0.3, 0.4) is 0 Å². The van der Waals surface area contributed by atoms with E-state index in [2.05, 4.69) is 25.4 Å². The number of fused-ring (bicyclic) bond motifs is 1. The van der Waals surface area contributed by atoms with Crippen LogP contribution in [0.5, 0.6) is 0 Å². The highest BCUT2D eigenvalue weighted by Crippen LogP contribution is 2.23. The maximum absolute atomic E-state index is 10.00. The molecule has 8 heteroatoms. The van der Waals surface area contributed by atoms with Crippen molar-refractivity contribution in [2.45, 2.75) is 25.5 Å². The number of aromatic nitrogens is 4. The lowest BCUT2D eigenvalue weighted by molar-refractivity contribution is 0.0676. The molecule has 0 bridgehead atoms. The summed E-state index contributed by atoms with van der Waals surface area (Å²) in [5, 5.41) is 15.0. The maximum atomic E-state index is 10.00. The number of likely N-dealkylation sites (tertiary alicyclic amines) is 1. The minimum Gasteiger partial charge on any atom is -0.389 e. The fourth-order valence-electron chi connectivity index (χ4n) is 2.62. The average Bonchev–Trinajstić information content (AvgIpc) is 2.93. The first-order chi connectivity index (χ1) is 9.48. The van der Waals surface area contributed by atoms with Gasteiger partial charge in [0.2, 0.25) is 0 Å². The van der Waals surface area contributed by atoms with E-state index in [1.807, 2.05) is 14.0 Å². The molecule has 2 aromatic rings. The van der Waals surface area contributed by atoms with Gasteiger partial charge in [0.25, 0.3) is 0 Å². The van der Waals surface area contributed by atoms with Gasteiger partial charge in [-0.15, -0.1) is 0 Å². The minimum atomic E-state index is -0.619. The highest BCUT2D eigenvalue weighted by molar-refractivity contribution is 5.86. The van der Waals surface area contributed by atoms with E-state index in [0.29, 0.717) is 24.7 Å². The molecule has 0 saturated carbocycles. The molecule has 3 heterocycles. The summed E-state index contributed by atoms with van der Waals surface area (Å²) in [7, 11) is 1.83. The van der Waals surface area contributed by atoms with Crippen LogP contribution in [0.15, 0.2) is 6.20 Å². The molecule has 0 aliphatic carbocycles. The molecule has 1 atom stereocenters. The van der Waals surface area contributed by atoms with Gasteiger partial charge in [-0.3, -0.25) is 9.58 Å². The Kier molecular flexibility index (Phi) is 3.08. The van der Waals surface area contributed by atoms with Crippen molar-refractivity contribution in [2.24, 2.45) is 12.9 Å². The van der Waals surface area contributed by atoms with Crippen LogP contribution in [0.25, 0.3) is 11.0 Å². The molecule has 20 heavy (non-hydrogen) atoms. The normalized spacial score (nSPS) is 23.6. The number of aryl methyl sites for hydroxylation is 1. The van der Waals surface area contributed by atoms with Crippen molar-refractivity contribution >= 4 is 16.9 Å². The van der Waals surface area contributed by atoms with Crippen molar-refractivity contribution < 1.29 is 5.11 Å². The molecule has 0 spiro atoms. The third-order valence-electron chi connectivity index (χ3n) is 3.67. The smallest absolute Gasteiger partial charge is 0.163 e. The second kappa shape index (κ2) is 4.65. The molecule has 0 amide bonds. The average molecular weight is 277 g/mol. The first-order valence-electron chi connectivity index (χ1n) is 6.58. The molecule has 1 aliphatic heterocycles. The van der Waals surface area contributed by atoms with E-state index in [1.54, 1.807) is 10.9 Å². The quantitative estimate of drug-likeness (QED) is 0.518. The summed E-state index contributed by atoms with van der Waals surface area (Å²) in [5.74, 6) is 6.76. The summed E-state index contributed by atoms with van der Waals surface area (Å²) in [6, 6.07) is 0. The Balaban J connectivity index is 1.90. The fraction of sp³-hybridized carbons (Fsp3) is 0.583. The Labute approximate surface area is 116 Å². The highest BCUT2D eigenvalue weighted by atomic mass is 16.3. The molecular formula is C12H19N7O. The minimum absolute atomic E-state index is 0.573. The summed E-state index contributed by atoms with van der Waals surface area (Å²) >= 11 is 0. The number of hydrazine groups is 1. The van der Waals surface area contributed by atoms with Gasteiger partial charge in [-0.1, -0.05) is 0 Å². The molecule has 3 rings (SSSR count). The van der Waals surface area contributed by atoms with Crippen LogP contribution in [0.4, 0.5) is 5.82 Å². The van der Waals surface area contributed by atoms with Crippen LogP contribution in [-0.2, 0) is 13.6 Å². The summed E-state index contributed by atoms with van der Waals surface area (Å²) in [6.45, 7) is 3.91. The van der Waals surface area contributed by atoms with E-state index in [1.165, 1.54) is 0 Å². The SMILES string of the molecule is Cn1ncc2c(NN)nc(CN3CCC(C)(O)C3)nc21. The van der Waals surface area contributed by atoms with Crippen LogP contribution in [0.1, 0.15) is 19.2 Å². The van der Waals surface area contributed by atoms with E-state index in [-0.39, 0.29) is 0 Å². The fourth-order valence-corrected chi connectivity index (χ4v) is 2.62. The van der Waals surface area contributed by atoms with Gasteiger partial charge < -0.3 is 10.5 Å². The topological polar surface area (TPSA) is 105 Å². The molecule has 4 N–H and O–H groups in total. The summed E-state index contributed by atoms with van der Waals surface area (Å²) in [6.07, 6.45) is 2.46. The summed E-state index contributed by atoms with van der Waals surface area (Å²) < 4.78 is 1.70. The second-order valence-corrected chi connectivity index (χ2v) is 5.60. The van der Waals surface area contributed by atoms with Gasteiger partial charge in [0.15, 0.2) is 11.5 Å². The van der Waals surface area contributed by atoms with Crippen molar-refractivity contribution in [2.75, 3.05) is 18.5 Å². The van der Waals surface area contributed by atoms with Crippen molar-refractivity contribution in [3.8, 4) is 0 Å². The second-order valence-electron chi connectivity index (χ2n) is 5.60. The van der Waals surface area contributed by atoms with E-state index < -0.39 is 5.60 Å². The molecule has 1 saturated heterocycles. The molecule has 8 nitrogen and oxygen atoms in total.